The highest BCUT2D eigenvalue weighted by Gasteiger charge is 2.33. The van der Waals surface area contributed by atoms with Gasteiger partial charge in [-0.1, -0.05) is 29.4 Å². The summed E-state index contributed by atoms with van der Waals surface area (Å²) >= 11 is 0. The molecule has 1 saturated heterocycles. The predicted molar refractivity (Wildman–Crippen MR) is 110 cm³/mol. The first kappa shape index (κ1) is 20.8. The Hall–Kier alpha value is -3.46. The van der Waals surface area contributed by atoms with E-state index >= 15 is 0 Å². The number of para-hydroxylation sites is 1. The average molecular weight is 426 g/mol. The largest absolute Gasteiger partial charge is 0.486 e. The minimum absolute atomic E-state index is 0.131. The van der Waals surface area contributed by atoms with Crippen molar-refractivity contribution in [1.29, 1.82) is 0 Å². The third kappa shape index (κ3) is 5.18. The molecule has 1 fully saturated rings. The van der Waals surface area contributed by atoms with Crippen molar-refractivity contribution >= 4 is 6.03 Å². The van der Waals surface area contributed by atoms with Crippen molar-refractivity contribution in [2.45, 2.75) is 19.1 Å². The van der Waals surface area contributed by atoms with Crippen molar-refractivity contribution in [3.63, 3.8) is 0 Å². The standard InChI is InChI=1S/C22H23FN4O4/c1-29-11-10-20-25-21(31-26-20)18-4-2-3-5-19(18)30-17-13-27(14-17)22(28)24-12-15-6-8-16(23)9-7-15/h2-9,17H,10-14H2,1H3,(H,24,28). The molecule has 2 aromatic carbocycles. The molecule has 0 aliphatic carbocycles. The summed E-state index contributed by atoms with van der Waals surface area (Å²) in [6.07, 6.45) is 0.432. The van der Waals surface area contributed by atoms with Gasteiger partial charge in [0, 0.05) is 20.1 Å². The molecule has 0 radical (unpaired) electrons. The number of halogens is 1. The van der Waals surface area contributed by atoms with E-state index in [1.54, 1.807) is 24.1 Å². The fourth-order valence-corrected chi connectivity index (χ4v) is 3.15. The number of benzene rings is 2. The minimum Gasteiger partial charge on any atom is -0.486 e. The normalized spacial score (nSPS) is 13.7. The molecule has 162 valence electrons. The molecule has 0 saturated carbocycles. The number of hydrogen-bond donors (Lipinski definition) is 1. The van der Waals surface area contributed by atoms with Crippen LogP contribution in [0.4, 0.5) is 9.18 Å². The molecule has 4 rings (SSSR count). The van der Waals surface area contributed by atoms with Crippen LogP contribution in [0.1, 0.15) is 11.4 Å². The molecular formula is C22H23FN4O4. The lowest BCUT2D eigenvalue weighted by atomic mass is 10.1. The van der Waals surface area contributed by atoms with Gasteiger partial charge in [-0.15, -0.1) is 0 Å². The van der Waals surface area contributed by atoms with Crippen LogP contribution < -0.4 is 10.1 Å². The highest BCUT2D eigenvalue weighted by molar-refractivity contribution is 5.75. The molecule has 1 aliphatic rings. The number of methoxy groups -OCH3 is 1. The van der Waals surface area contributed by atoms with E-state index in [9.17, 15) is 9.18 Å². The third-order valence-corrected chi connectivity index (χ3v) is 4.90. The number of rotatable bonds is 8. The SMILES string of the molecule is COCCc1noc(-c2ccccc2OC2CN(C(=O)NCc3ccc(F)cc3)C2)n1. The van der Waals surface area contributed by atoms with E-state index in [-0.39, 0.29) is 18.0 Å². The van der Waals surface area contributed by atoms with Crippen molar-refractivity contribution < 1.29 is 23.2 Å². The lowest BCUT2D eigenvalue weighted by Gasteiger charge is -2.39. The van der Waals surface area contributed by atoms with Crippen molar-refractivity contribution in [2.75, 3.05) is 26.8 Å². The van der Waals surface area contributed by atoms with E-state index < -0.39 is 0 Å². The maximum Gasteiger partial charge on any atom is 0.317 e. The van der Waals surface area contributed by atoms with Gasteiger partial charge in [-0.3, -0.25) is 0 Å². The van der Waals surface area contributed by atoms with Gasteiger partial charge >= 0.3 is 6.03 Å². The maximum absolute atomic E-state index is 13.0. The summed E-state index contributed by atoms with van der Waals surface area (Å²) in [5.41, 5.74) is 1.54. The molecule has 0 atom stereocenters. The van der Waals surface area contributed by atoms with Gasteiger partial charge in [-0.05, 0) is 29.8 Å². The van der Waals surface area contributed by atoms with E-state index in [1.165, 1.54) is 12.1 Å². The van der Waals surface area contributed by atoms with Crippen LogP contribution in [0.5, 0.6) is 5.75 Å². The number of likely N-dealkylation sites (tertiary alicyclic amines) is 1. The number of amides is 2. The van der Waals surface area contributed by atoms with Crippen LogP contribution in [0.2, 0.25) is 0 Å². The van der Waals surface area contributed by atoms with Crippen molar-refractivity contribution in [2.24, 2.45) is 0 Å². The first-order chi connectivity index (χ1) is 15.1. The average Bonchev–Trinajstić information content (AvgIpc) is 3.23. The molecule has 1 aliphatic heterocycles. The molecule has 3 aromatic rings. The number of nitrogens with zero attached hydrogens (tertiary/aromatic N) is 3. The molecule has 9 heteroatoms. The van der Waals surface area contributed by atoms with E-state index in [2.05, 4.69) is 15.5 Å². The maximum atomic E-state index is 13.0. The number of aromatic nitrogens is 2. The summed E-state index contributed by atoms with van der Waals surface area (Å²) in [4.78, 5) is 18.3. The lowest BCUT2D eigenvalue weighted by molar-refractivity contribution is 0.0446. The van der Waals surface area contributed by atoms with Crippen LogP contribution >= 0.6 is 0 Å². The van der Waals surface area contributed by atoms with E-state index in [4.69, 9.17) is 14.0 Å². The molecule has 1 N–H and O–H groups in total. The van der Waals surface area contributed by atoms with Crippen LogP contribution in [-0.4, -0.2) is 54.0 Å². The second kappa shape index (κ2) is 9.57. The van der Waals surface area contributed by atoms with Crippen LogP contribution in [0.15, 0.2) is 53.1 Å². The second-order valence-electron chi connectivity index (χ2n) is 7.18. The molecule has 8 nitrogen and oxygen atoms in total. The topological polar surface area (TPSA) is 89.7 Å². The Bertz CT molecular complexity index is 1020. The fourth-order valence-electron chi connectivity index (χ4n) is 3.15. The Labute approximate surface area is 179 Å². The van der Waals surface area contributed by atoms with E-state index in [1.807, 2.05) is 24.3 Å². The zero-order chi connectivity index (χ0) is 21.6. The monoisotopic (exact) mass is 426 g/mol. The van der Waals surface area contributed by atoms with Crippen LogP contribution in [0.3, 0.4) is 0 Å². The third-order valence-electron chi connectivity index (χ3n) is 4.90. The van der Waals surface area contributed by atoms with Crippen molar-refractivity contribution in [3.8, 4) is 17.2 Å². The summed E-state index contributed by atoms with van der Waals surface area (Å²) in [5.74, 6) is 1.28. The molecule has 2 heterocycles. The van der Waals surface area contributed by atoms with Gasteiger partial charge in [0.25, 0.3) is 5.89 Å². The number of nitrogens with one attached hydrogen (secondary N) is 1. The van der Waals surface area contributed by atoms with Gasteiger partial charge in [0.05, 0.1) is 25.3 Å². The van der Waals surface area contributed by atoms with Gasteiger partial charge in [-0.25, -0.2) is 9.18 Å². The zero-order valence-electron chi connectivity index (χ0n) is 17.1. The Morgan fingerprint density at radius 1 is 1.23 bits per heavy atom. The molecule has 0 unspecified atom stereocenters. The van der Waals surface area contributed by atoms with Crippen molar-refractivity contribution in [3.05, 3.63) is 65.7 Å². The fraction of sp³-hybridized carbons (Fsp3) is 0.318. The Kier molecular flexibility index (Phi) is 6.42. The Balaban J connectivity index is 1.30. The number of carbonyl (C=O) groups is 1. The van der Waals surface area contributed by atoms with Crippen LogP contribution in [0.25, 0.3) is 11.5 Å². The number of urea groups is 1. The van der Waals surface area contributed by atoms with Crippen LogP contribution in [0, 0.1) is 5.82 Å². The molecule has 31 heavy (non-hydrogen) atoms. The summed E-state index contributed by atoms with van der Waals surface area (Å²) < 4.78 is 29.4. The number of ether oxygens (including phenoxy) is 2. The highest BCUT2D eigenvalue weighted by Crippen LogP contribution is 2.30. The highest BCUT2D eigenvalue weighted by atomic mass is 19.1. The zero-order valence-corrected chi connectivity index (χ0v) is 17.1. The second-order valence-corrected chi connectivity index (χ2v) is 7.18. The van der Waals surface area contributed by atoms with Gasteiger partial charge in [0.2, 0.25) is 0 Å². The molecule has 1 aromatic heterocycles. The molecule has 0 spiro atoms. The van der Waals surface area contributed by atoms with E-state index in [0.717, 1.165) is 5.56 Å². The van der Waals surface area contributed by atoms with Gasteiger partial charge in [0.15, 0.2) is 5.82 Å². The van der Waals surface area contributed by atoms with Crippen LogP contribution in [-0.2, 0) is 17.7 Å². The molecule has 0 bridgehead atoms. The lowest BCUT2D eigenvalue weighted by Crippen LogP contribution is -2.58. The molecule has 2 amide bonds. The minimum atomic E-state index is -0.301. The van der Waals surface area contributed by atoms with Gasteiger partial charge in [-0.2, -0.15) is 4.98 Å². The first-order valence-corrected chi connectivity index (χ1v) is 9.97. The van der Waals surface area contributed by atoms with E-state index in [0.29, 0.717) is 55.7 Å². The summed E-state index contributed by atoms with van der Waals surface area (Å²) in [5, 5.41) is 6.79. The number of hydrogen-bond acceptors (Lipinski definition) is 6. The number of carbonyl (C=O) groups excluding carboxylic acids is 1. The summed E-state index contributed by atoms with van der Waals surface area (Å²) in [6, 6.07) is 13.3. The summed E-state index contributed by atoms with van der Waals surface area (Å²) in [7, 11) is 1.62. The quantitative estimate of drug-likeness (QED) is 0.596. The Morgan fingerprint density at radius 2 is 2.00 bits per heavy atom. The smallest absolute Gasteiger partial charge is 0.317 e. The predicted octanol–water partition coefficient (Wildman–Crippen LogP) is 3.04. The van der Waals surface area contributed by atoms with Gasteiger partial charge in [0.1, 0.15) is 17.7 Å². The Morgan fingerprint density at radius 3 is 2.77 bits per heavy atom. The molecular weight excluding hydrogens is 403 g/mol. The van der Waals surface area contributed by atoms with Gasteiger partial charge < -0.3 is 24.2 Å². The first-order valence-electron chi connectivity index (χ1n) is 9.97. The van der Waals surface area contributed by atoms with Crippen molar-refractivity contribution in [1.82, 2.24) is 20.4 Å². The summed E-state index contributed by atoms with van der Waals surface area (Å²) in [6.45, 7) is 1.78.